The van der Waals surface area contributed by atoms with Crippen LogP contribution in [-0.4, -0.2) is 55.6 Å². The number of benzene rings is 1. The third kappa shape index (κ3) is 5.12. The Balaban J connectivity index is 2.48. The fraction of sp³-hybridized carbons (Fsp3) is 0.353. The second kappa shape index (κ2) is 8.59. The van der Waals surface area contributed by atoms with Gasteiger partial charge in [0, 0.05) is 13.6 Å². The van der Waals surface area contributed by atoms with Crippen molar-refractivity contribution < 1.29 is 22.7 Å². The van der Waals surface area contributed by atoms with Gasteiger partial charge in [-0.2, -0.15) is 9.30 Å². The molecule has 0 aliphatic heterocycles. The Labute approximate surface area is 161 Å². The first-order valence-electron chi connectivity index (χ1n) is 8.07. The number of esters is 1. The third-order valence-corrected chi connectivity index (χ3v) is 5.95. The number of hydrogen-bond acceptors (Lipinski definition) is 6. The molecule has 0 fully saturated rings. The van der Waals surface area contributed by atoms with Crippen molar-refractivity contribution in [3.63, 3.8) is 0 Å². The number of hydrogen-bond donors (Lipinski definition) is 0. The van der Waals surface area contributed by atoms with E-state index in [1.807, 2.05) is 0 Å². The van der Waals surface area contributed by atoms with Crippen molar-refractivity contribution in [3.05, 3.63) is 41.2 Å². The van der Waals surface area contributed by atoms with E-state index >= 15 is 0 Å². The molecular formula is C17H21N3O5S2. The predicted octanol–water partition coefficient (Wildman–Crippen LogP) is 1.38. The number of allylic oxidation sites excluding steroid dienone is 1. The van der Waals surface area contributed by atoms with Crippen LogP contribution in [0.25, 0.3) is 10.2 Å². The highest BCUT2D eigenvalue weighted by molar-refractivity contribution is 7.88. The molecule has 1 amide bonds. The molecule has 0 N–H and O–H groups in total. The van der Waals surface area contributed by atoms with E-state index in [0.717, 1.165) is 20.8 Å². The molecule has 2 rings (SSSR count). The fourth-order valence-electron chi connectivity index (χ4n) is 2.26. The van der Waals surface area contributed by atoms with Crippen LogP contribution in [0.2, 0.25) is 0 Å². The Morgan fingerprint density at radius 1 is 1.41 bits per heavy atom. The fourth-order valence-corrected chi connectivity index (χ4v) is 3.70. The first kappa shape index (κ1) is 21.0. The number of rotatable bonds is 7. The summed E-state index contributed by atoms with van der Waals surface area (Å²) in [6, 6.07) is 5.09. The molecule has 1 aromatic carbocycles. The molecule has 10 heteroatoms. The molecule has 0 aliphatic carbocycles. The zero-order valence-corrected chi connectivity index (χ0v) is 17.0. The molecule has 1 aromatic heterocycles. The lowest BCUT2D eigenvalue weighted by molar-refractivity contribution is -0.118. The summed E-state index contributed by atoms with van der Waals surface area (Å²) in [5.74, 6) is -1.01. The Morgan fingerprint density at radius 3 is 2.70 bits per heavy atom. The third-order valence-electron chi connectivity index (χ3n) is 3.65. The van der Waals surface area contributed by atoms with Crippen LogP contribution in [-0.2, 0) is 26.1 Å². The van der Waals surface area contributed by atoms with Crippen LogP contribution in [0.1, 0.15) is 17.3 Å². The molecule has 0 bridgehead atoms. The topological polar surface area (TPSA) is 98.0 Å². The summed E-state index contributed by atoms with van der Waals surface area (Å²) in [6.07, 6.45) is 2.69. The highest BCUT2D eigenvalue weighted by Gasteiger charge is 2.16. The summed E-state index contributed by atoms with van der Waals surface area (Å²) < 4.78 is 31.4. The van der Waals surface area contributed by atoms with Crippen LogP contribution < -0.4 is 4.80 Å². The van der Waals surface area contributed by atoms with Gasteiger partial charge in [0.05, 0.1) is 35.2 Å². The number of amides is 1. The number of nitrogens with zero attached hydrogens (tertiary/aromatic N) is 3. The zero-order chi connectivity index (χ0) is 20.2. The molecule has 0 saturated heterocycles. The van der Waals surface area contributed by atoms with Crippen molar-refractivity contribution in [1.29, 1.82) is 0 Å². The van der Waals surface area contributed by atoms with Crippen molar-refractivity contribution in [2.45, 2.75) is 13.5 Å². The average Bonchev–Trinajstić information content (AvgIpc) is 2.91. The van der Waals surface area contributed by atoms with Crippen LogP contribution in [0.4, 0.5) is 0 Å². The highest BCUT2D eigenvalue weighted by Crippen LogP contribution is 2.20. The Morgan fingerprint density at radius 2 is 2.11 bits per heavy atom. The van der Waals surface area contributed by atoms with Crippen molar-refractivity contribution in [2.75, 3.05) is 26.5 Å². The molecule has 27 heavy (non-hydrogen) atoms. The van der Waals surface area contributed by atoms with E-state index in [0.29, 0.717) is 16.9 Å². The van der Waals surface area contributed by atoms with Crippen molar-refractivity contribution >= 4 is 43.5 Å². The van der Waals surface area contributed by atoms with Gasteiger partial charge in [-0.1, -0.05) is 17.4 Å². The monoisotopic (exact) mass is 411 g/mol. The summed E-state index contributed by atoms with van der Waals surface area (Å²) in [5, 5.41) is 0. The van der Waals surface area contributed by atoms with Gasteiger partial charge in [0.2, 0.25) is 10.0 Å². The van der Waals surface area contributed by atoms with Crippen molar-refractivity contribution in [3.8, 4) is 0 Å². The minimum Gasteiger partial charge on any atom is -0.462 e. The number of sulfonamides is 1. The van der Waals surface area contributed by atoms with Gasteiger partial charge >= 0.3 is 5.97 Å². The van der Waals surface area contributed by atoms with Crippen molar-refractivity contribution in [1.82, 2.24) is 8.87 Å². The first-order valence-corrected chi connectivity index (χ1v) is 10.7. The number of ether oxygens (including phenoxy) is 1. The van der Waals surface area contributed by atoms with E-state index < -0.39 is 21.9 Å². The highest BCUT2D eigenvalue weighted by atomic mass is 32.2. The molecule has 0 spiro atoms. The van der Waals surface area contributed by atoms with Gasteiger partial charge in [0.15, 0.2) is 4.80 Å². The van der Waals surface area contributed by atoms with Crippen molar-refractivity contribution in [2.24, 2.45) is 4.99 Å². The van der Waals surface area contributed by atoms with E-state index in [-0.39, 0.29) is 13.2 Å². The number of carbonyl (C=O) groups is 2. The quantitative estimate of drug-likeness (QED) is 0.506. The van der Waals surface area contributed by atoms with E-state index in [9.17, 15) is 18.0 Å². The van der Waals surface area contributed by atoms with Gasteiger partial charge in [0.1, 0.15) is 0 Å². The lowest BCUT2D eigenvalue weighted by Crippen LogP contribution is -2.31. The number of fused-ring (bicyclic) bond motifs is 1. The number of thiazole rings is 1. The molecule has 0 atom stereocenters. The Kier molecular flexibility index (Phi) is 6.68. The predicted molar refractivity (Wildman–Crippen MR) is 104 cm³/mol. The normalized spacial score (nSPS) is 12.5. The van der Waals surface area contributed by atoms with Crippen LogP contribution in [0.5, 0.6) is 0 Å². The van der Waals surface area contributed by atoms with E-state index in [1.54, 1.807) is 35.8 Å². The van der Waals surface area contributed by atoms with Crippen LogP contribution >= 0.6 is 11.3 Å². The van der Waals surface area contributed by atoms with Gasteiger partial charge in [-0.15, -0.1) is 6.58 Å². The molecule has 0 unspecified atom stereocenters. The summed E-state index contributed by atoms with van der Waals surface area (Å²) in [7, 11) is -2.16. The van der Waals surface area contributed by atoms with E-state index in [1.165, 1.54) is 18.4 Å². The molecule has 0 saturated carbocycles. The molecule has 2 aromatic rings. The maximum absolute atomic E-state index is 12.2. The molecule has 8 nitrogen and oxygen atoms in total. The Bertz CT molecular complexity index is 1050. The summed E-state index contributed by atoms with van der Waals surface area (Å²) in [6.45, 7) is 5.78. The standard InChI is InChI=1S/C17H21N3O5S2/c1-5-9-20-13-8-7-12(16(22)25-6-2)10-14(13)26-17(20)18-15(21)11-19(3)27(4,23)24/h5,7-8,10H,1,6,9,11H2,2-4H3. The minimum atomic E-state index is -3.47. The largest absolute Gasteiger partial charge is 0.462 e. The number of likely N-dealkylation sites (N-methyl/N-ethyl adjacent to an activating group) is 1. The lowest BCUT2D eigenvalue weighted by Gasteiger charge is -2.10. The summed E-state index contributed by atoms with van der Waals surface area (Å²) >= 11 is 1.23. The molecule has 0 radical (unpaired) electrons. The van der Waals surface area contributed by atoms with Gasteiger partial charge < -0.3 is 9.30 Å². The van der Waals surface area contributed by atoms with E-state index in [2.05, 4.69) is 11.6 Å². The summed E-state index contributed by atoms with van der Waals surface area (Å²) in [4.78, 5) is 28.6. The summed E-state index contributed by atoms with van der Waals surface area (Å²) in [5.41, 5.74) is 1.20. The minimum absolute atomic E-state index is 0.278. The van der Waals surface area contributed by atoms with Gasteiger partial charge in [-0.25, -0.2) is 13.2 Å². The lowest BCUT2D eigenvalue weighted by atomic mass is 10.2. The smallest absolute Gasteiger partial charge is 0.338 e. The maximum Gasteiger partial charge on any atom is 0.338 e. The Hall–Kier alpha value is -2.30. The van der Waals surface area contributed by atoms with Crippen LogP contribution in [0.3, 0.4) is 0 Å². The second-order valence-corrected chi connectivity index (χ2v) is 8.81. The first-order chi connectivity index (χ1) is 12.7. The van der Waals surface area contributed by atoms with Crippen LogP contribution in [0, 0.1) is 0 Å². The maximum atomic E-state index is 12.2. The van der Waals surface area contributed by atoms with Gasteiger partial charge in [-0.3, -0.25) is 4.79 Å². The average molecular weight is 412 g/mol. The zero-order valence-electron chi connectivity index (χ0n) is 15.3. The number of carbonyl (C=O) groups excluding carboxylic acids is 2. The van der Waals surface area contributed by atoms with Gasteiger partial charge in [0.25, 0.3) is 5.91 Å². The molecule has 146 valence electrons. The van der Waals surface area contributed by atoms with E-state index in [4.69, 9.17) is 4.74 Å². The van der Waals surface area contributed by atoms with Crippen LogP contribution in [0.15, 0.2) is 35.8 Å². The van der Waals surface area contributed by atoms with Gasteiger partial charge in [-0.05, 0) is 25.1 Å². The molecule has 1 heterocycles. The SMILES string of the molecule is C=CCn1c(=NC(=O)CN(C)S(C)(=O)=O)sc2cc(C(=O)OCC)ccc21. The molecular weight excluding hydrogens is 390 g/mol. The molecule has 0 aliphatic rings. The second-order valence-electron chi connectivity index (χ2n) is 5.71. The number of aromatic nitrogens is 1.